The van der Waals surface area contributed by atoms with Crippen molar-refractivity contribution in [3.8, 4) is 5.75 Å². The molecular weight excluding hydrogens is 268 g/mol. The number of nitrogen functional groups attached to an aromatic ring is 1. The van der Waals surface area contributed by atoms with Crippen LogP contribution in [0.15, 0.2) is 42.6 Å². The third-order valence-electron chi connectivity index (χ3n) is 3.20. The Bertz CT molecular complexity index is 810. The summed E-state index contributed by atoms with van der Waals surface area (Å²) in [6, 6.07) is 10.5. The molecule has 0 saturated heterocycles. The van der Waals surface area contributed by atoms with Crippen LogP contribution in [-0.2, 0) is 0 Å². The third-order valence-corrected chi connectivity index (χ3v) is 3.20. The first-order valence-electron chi connectivity index (χ1n) is 6.35. The van der Waals surface area contributed by atoms with E-state index in [4.69, 9.17) is 10.5 Å². The van der Waals surface area contributed by atoms with Crippen molar-refractivity contribution in [2.75, 3.05) is 18.2 Å². The Morgan fingerprint density at radius 3 is 2.95 bits per heavy atom. The second kappa shape index (κ2) is 5.16. The molecular formula is C15H14N4O2. The molecule has 0 bridgehead atoms. The summed E-state index contributed by atoms with van der Waals surface area (Å²) < 4.78 is 5.11. The molecule has 0 aliphatic heterocycles. The molecule has 0 atom stereocenters. The monoisotopic (exact) mass is 282 g/mol. The summed E-state index contributed by atoms with van der Waals surface area (Å²) in [6.45, 7) is 0. The number of nitrogens with zero attached hydrogens (tertiary/aromatic N) is 1. The van der Waals surface area contributed by atoms with E-state index in [9.17, 15) is 4.79 Å². The molecule has 3 rings (SSSR count). The van der Waals surface area contributed by atoms with E-state index in [1.165, 1.54) is 0 Å². The van der Waals surface area contributed by atoms with Crippen molar-refractivity contribution in [3.05, 3.63) is 48.2 Å². The Balaban J connectivity index is 1.88. The van der Waals surface area contributed by atoms with Gasteiger partial charge < -0.3 is 15.8 Å². The lowest BCUT2D eigenvalue weighted by atomic mass is 10.1. The van der Waals surface area contributed by atoms with Crippen LogP contribution < -0.4 is 15.8 Å². The lowest BCUT2D eigenvalue weighted by Crippen LogP contribution is -2.14. The molecule has 4 N–H and O–H groups in total. The summed E-state index contributed by atoms with van der Waals surface area (Å²) in [5, 5.41) is 10.5. The van der Waals surface area contributed by atoms with Crippen LogP contribution >= 0.6 is 0 Å². The molecule has 0 aliphatic rings. The van der Waals surface area contributed by atoms with Gasteiger partial charge in [-0.2, -0.15) is 5.10 Å². The highest BCUT2D eigenvalue weighted by Gasteiger charge is 2.11. The van der Waals surface area contributed by atoms with E-state index in [0.29, 0.717) is 22.7 Å². The Labute approximate surface area is 120 Å². The number of carbonyl (C=O) groups is 1. The number of rotatable bonds is 3. The maximum atomic E-state index is 12.3. The normalized spacial score (nSPS) is 10.5. The standard InChI is InChI=1S/C15H14N4O2/c1-21-11-3-4-13(16)12(7-11)15(20)18-10-2-5-14-9(6-10)8-17-19-14/h2-8H,16H2,1H3,(H,17,19)(H,18,20). The SMILES string of the molecule is COc1ccc(N)c(C(=O)Nc2ccc3[nH]ncc3c2)c1. The zero-order chi connectivity index (χ0) is 14.8. The van der Waals surface area contributed by atoms with Crippen molar-refractivity contribution in [1.29, 1.82) is 0 Å². The average molecular weight is 282 g/mol. The fourth-order valence-corrected chi connectivity index (χ4v) is 2.08. The van der Waals surface area contributed by atoms with E-state index in [1.807, 2.05) is 12.1 Å². The number of benzene rings is 2. The largest absolute Gasteiger partial charge is 0.497 e. The highest BCUT2D eigenvalue weighted by molar-refractivity contribution is 6.08. The Hall–Kier alpha value is -3.02. The number of aromatic amines is 1. The van der Waals surface area contributed by atoms with Crippen LogP contribution in [0.3, 0.4) is 0 Å². The van der Waals surface area contributed by atoms with E-state index in [0.717, 1.165) is 10.9 Å². The quantitative estimate of drug-likeness (QED) is 0.643. The summed E-state index contributed by atoms with van der Waals surface area (Å²) in [5.74, 6) is 0.300. The number of ether oxygens (including phenoxy) is 1. The van der Waals surface area contributed by atoms with Gasteiger partial charge in [0.05, 0.1) is 24.4 Å². The first-order valence-corrected chi connectivity index (χ1v) is 6.35. The number of carbonyl (C=O) groups excluding carboxylic acids is 1. The molecule has 0 fully saturated rings. The zero-order valence-corrected chi connectivity index (χ0v) is 11.4. The topological polar surface area (TPSA) is 93.0 Å². The van der Waals surface area contributed by atoms with Gasteiger partial charge in [-0.3, -0.25) is 9.89 Å². The molecule has 1 aromatic heterocycles. The molecule has 1 heterocycles. The van der Waals surface area contributed by atoms with Gasteiger partial charge >= 0.3 is 0 Å². The molecule has 0 unspecified atom stereocenters. The summed E-state index contributed by atoms with van der Waals surface area (Å²) in [6.07, 6.45) is 1.70. The highest BCUT2D eigenvalue weighted by atomic mass is 16.5. The number of amides is 1. The fourth-order valence-electron chi connectivity index (χ4n) is 2.08. The van der Waals surface area contributed by atoms with Gasteiger partial charge in [-0.1, -0.05) is 0 Å². The lowest BCUT2D eigenvalue weighted by Gasteiger charge is -2.09. The Kier molecular flexibility index (Phi) is 3.19. The molecule has 0 radical (unpaired) electrons. The molecule has 21 heavy (non-hydrogen) atoms. The minimum absolute atomic E-state index is 0.283. The number of fused-ring (bicyclic) bond motifs is 1. The van der Waals surface area contributed by atoms with Gasteiger partial charge in [0.25, 0.3) is 5.91 Å². The van der Waals surface area contributed by atoms with Crippen molar-refractivity contribution in [2.24, 2.45) is 0 Å². The van der Waals surface area contributed by atoms with E-state index in [2.05, 4.69) is 15.5 Å². The summed E-state index contributed by atoms with van der Waals surface area (Å²) in [7, 11) is 1.54. The molecule has 1 amide bonds. The van der Waals surface area contributed by atoms with Crippen molar-refractivity contribution in [1.82, 2.24) is 10.2 Å². The number of hydrogen-bond acceptors (Lipinski definition) is 4. The molecule has 0 aliphatic carbocycles. The van der Waals surface area contributed by atoms with Gasteiger partial charge in [0.1, 0.15) is 5.75 Å². The van der Waals surface area contributed by atoms with E-state index in [-0.39, 0.29) is 5.91 Å². The predicted molar refractivity (Wildman–Crippen MR) is 81.5 cm³/mol. The van der Waals surface area contributed by atoms with Gasteiger partial charge in [-0.25, -0.2) is 0 Å². The molecule has 106 valence electrons. The first kappa shape index (κ1) is 13.0. The number of aromatic nitrogens is 2. The maximum absolute atomic E-state index is 12.3. The molecule has 0 saturated carbocycles. The van der Waals surface area contributed by atoms with Crippen LogP contribution in [0.25, 0.3) is 10.9 Å². The smallest absolute Gasteiger partial charge is 0.257 e. The zero-order valence-electron chi connectivity index (χ0n) is 11.4. The third kappa shape index (κ3) is 2.51. The Morgan fingerprint density at radius 2 is 2.14 bits per heavy atom. The second-order valence-electron chi connectivity index (χ2n) is 4.58. The number of methoxy groups -OCH3 is 1. The van der Waals surface area contributed by atoms with Crippen molar-refractivity contribution >= 4 is 28.2 Å². The number of hydrogen-bond donors (Lipinski definition) is 3. The van der Waals surface area contributed by atoms with Crippen LogP contribution in [0.4, 0.5) is 11.4 Å². The highest BCUT2D eigenvalue weighted by Crippen LogP contribution is 2.22. The van der Waals surface area contributed by atoms with Crippen LogP contribution in [0.1, 0.15) is 10.4 Å². The van der Waals surface area contributed by atoms with Crippen LogP contribution in [0.2, 0.25) is 0 Å². The van der Waals surface area contributed by atoms with Crippen molar-refractivity contribution in [3.63, 3.8) is 0 Å². The number of anilines is 2. The van der Waals surface area contributed by atoms with Crippen LogP contribution in [0, 0.1) is 0 Å². The van der Waals surface area contributed by atoms with E-state index >= 15 is 0 Å². The number of nitrogens with one attached hydrogen (secondary N) is 2. The van der Waals surface area contributed by atoms with Crippen molar-refractivity contribution < 1.29 is 9.53 Å². The maximum Gasteiger partial charge on any atom is 0.257 e. The number of nitrogens with two attached hydrogens (primary N) is 1. The van der Waals surface area contributed by atoms with E-state index in [1.54, 1.807) is 37.6 Å². The van der Waals surface area contributed by atoms with Crippen LogP contribution in [-0.4, -0.2) is 23.2 Å². The molecule has 3 aromatic rings. The minimum Gasteiger partial charge on any atom is -0.497 e. The van der Waals surface area contributed by atoms with E-state index < -0.39 is 0 Å². The van der Waals surface area contributed by atoms with Gasteiger partial charge in [-0.15, -0.1) is 0 Å². The van der Waals surface area contributed by atoms with Crippen LogP contribution in [0.5, 0.6) is 5.75 Å². The summed E-state index contributed by atoms with van der Waals surface area (Å²) in [5.41, 5.74) is 8.21. The molecule has 2 aromatic carbocycles. The lowest BCUT2D eigenvalue weighted by molar-refractivity contribution is 0.102. The Morgan fingerprint density at radius 1 is 1.29 bits per heavy atom. The molecule has 0 spiro atoms. The minimum atomic E-state index is -0.283. The number of H-pyrrole nitrogens is 1. The first-order chi connectivity index (χ1) is 10.2. The van der Waals surface area contributed by atoms with Gasteiger partial charge in [0.15, 0.2) is 0 Å². The second-order valence-corrected chi connectivity index (χ2v) is 4.58. The van der Waals surface area contributed by atoms with Gasteiger partial charge in [0.2, 0.25) is 0 Å². The summed E-state index contributed by atoms with van der Waals surface area (Å²) in [4.78, 5) is 12.3. The van der Waals surface area contributed by atoms with Crippen molar-refractivity contribution in [2.45, 2.75) is 0 Å². The van der Waals surface area contributed by atoms with Gasteiger partial charge in [0, 0.05) is 16.8 Å². The summed E-state index contributed by atoms with van der Waals surface area (Å²) >= 11 is 0. The molecule has 6 nitrogen and oxygen atoms in total. The fraction of sp³-hybridized carbons (Fsp3) is 0.0667. The predicted octanol–water partition coefficient (Wildman–Crippen LogP) is 2.41. The molecule has 6 heteroatoms. The van der Waals surface area contributed by atoms with Gasteiger partial charge in [-0.05, 0) is 36.4 Å². The average Bonchev–Trinajstić information content (AvgIpc) is 2.95.